The second kappa shape index (κ2) is 6.15. The normalized spacial score (nSPS) is 18.2. The predicted octanol–water partition coefficient (Wildman–Crippen LogP) is 4.39. The van der Waals surface area contributed by atoms with E-state index >= 15 is 0 Å². The van der Waals surface area contributed by atoms with Gasteiger partial charge in [0.2, 0.25) is 0 Å². The van der Waals surface area contributed by atoms with Gasteiger partial charge in [-0.05, 0) is 23.3 Å². The number of halogens is 3. The molecule has 5 heteroatoms. The Hall–Kier alpha value is -2.56. The van der Waals surface area contributed by atoms with Crippen LogP contribution >= 0.6 is 0 Å². The fourth-order valence-corrected chi connectivity index (χ4v) is 3.07. The Kier molecular flexibility index (Phi) is 4.18. The van der Waals surface area contributed by atoms with Crippen LogP contribution in [0.4, 0.5) is 13.2 Å². The lowest BCUT2D eigenvalue weighted by atomic mass is 9.92. The van der Waals surface area contributed by atoms with E-state index in [0.29, 0.717) is 23.3 Å². The number of benzene rings is 2. The van der Waals surface area contributed by atoms with Gasteiger partial charge in [-0.1, -0.05) is 42.5 Å². The van der Waals surface area contributed by atoms with Crippen LogP contribution in [-0.4, -0.2) is 12.8 Å². The van der Waals surface area contributed by atoms with Crippen molar-refractivity contribution in [1.29, 1.82) is 0 Å². The van der Waals surface area contributed by atoms with Crippen LogP contribution < -0.4 is 5.32 Å². The molecule has 3 rings (SSSR count). The Morgan fingerprint density at radius 3 is 2.38 bits per heavy atom. The van der Waals surface area contributed by atoms with Gasteiger partial charge in [-0.2, -0.15) is 13.2 Å². The van der Waals surface area contributed by atoms with Crippen LogP contribution in [0.15, 0.2) is 60.3 Å². The van der Waals surface area contributed by atoms with Crippen molar-refractivity contribution in [3.8, 4) is 0 Å². The average Bonchev–Trinajstić information content (AvgIpc) is 2.91. The van der Waals surface area contributed by atoms with Gasteiger partial charge in [-0.25, -0.2) is 0 Å². The highest BCUT2D eigenvalue weighted by Crippen LogP contribution is 2.40. The van der Waals surface area contributed by atoms with Gasteiger partial charge in [0.05, 0.1) is 11.5 Å². The van der Waals surface area contributed by atoms with Gasteiger partial charge in [-0.3, -0.25) is 4.79 Å². The van der Waals surface area contributed by atoms with Crippen LogP contribution in [0.25, 0.3) is 5.57 Å². The van der Waals surface area contributed by atoms with Crippen molar-refractivity contribution in [3.63, 3.8) is 0 Å². The monoisotopic (exact) mass is 331 g/mol. The number of hydrogen-bond acceptors (Lipinski definition) is 2. The van der Waals surface area contributed by atoms with Crippen molar-refractivity contribution < 1.29 is 18.0 Å². The molecule has 124 valence electrons. The lowest BCUT2D eigenvalue weighted by molar-refractivity contribution is -0.137. The maximum Gasteiger partial charge on any atom is 0.416 e. The number of carbonyl (C=O) groups is 1. The van der Waals surface area contributed by atoms with Crippen molar-refractivity contribution in [3.05, 3.63) is 77.0 Å². The molecule has 0 bridgehead atoms. The Labute approximate surface area is 138 Å². The molecule has 1 atom stereocenters. The van der Waals surface area contributed by atoms with Crippen LogP contribution in [0, 0.1) is 0 Å². The molecule has 0 amide bonds. The molecule has 2 aromatic rings. The Morgan fingerprint density at radius 1 is 1.04 bits per heavy atom. The molecule has 0 saturated heterocycles. The highest BCUT2D eigenvalue weighted by atomic mass is 19.4. The molecule has 0 aromatic heterocycles. The van der Waals surface area contributed by atoms with Crippen molar-refractivity contribution in [2.75, 3.05) is 7.05 Å². The molecule has 0 fully saturated rings. The molecular weight excluding hydrogens is 315 g/mol. The molecule has 2 nitrogen and oxygen atoms in total. The van der Waals surface area contributed by atoms with Crippen LogP contribution in [0.3, 0.4) is 0 Å². The first-order chi connectivity index (χ1) is 11.4. The number of allylic oxidation sites excluding steroid dienone is 2. The number of alkyl halides is 3. The molecule has 24 heavy (non-hydrogen) atoms. The van der Waals surface area contributed by atoms with Gasteiger partial charge in [0.15, 0.2) is 5.78 Å². The molecule has 1 aliphatic rings. The van der Waals surface area contributed by atoms with Gasteiger partial charge >= 0.3 is 6.18 Å². The lowest BCUT2D eigenvalue weighted by Crippen LogP contribution is -2.10. The van der Waals surface area contributed by atoms with Crippen LogP contribution in [0.2, 0.25) is 0 Å². The highest BCUT2D eigenvalue weighted by Gasteiger charge is 2.36. The zero-order valence-electron chi connectivity index (χ0n) is 13.0. The molecule has 1 unspecified atom stereocenters. The van der Waals surface area contributed by atoms with E-state index in [0.717, 1.165) is 17.7 Å². The number of rotatable bonds is 3. The zero-order chi connectivity index (χ0) is 17.3. The second-order valence-electron chi connectivity index (χ2n) is 5.71. The van der Waals surface area contributed by atoms with E-state index in [-0.39, 0.29) is 11.7 Å². The van der Waals surface area contributed by atoms with Gasteiger partial charge in [0.1, 0.15) is 0 Å². The Balaban J connectivity index is 2.02. The van der Waals surface area contributed by atoms with Gasteiger partial charge in [0, 0.05) is 24.7 Å². The summed E-state index contributed by atoms with van der Waals surface area (Å²) in [5, 5.41) is 2.98. The summed E-state index contributed by atoms with van der Waals surface area (Å²) >= 11 is 0. The first-order valence-corrected chi connectivity index (χ1v) is 7.59. The van der Waals surface area contributed by atoms with Crippen molar-refractivity contribution >= 4 is 11.4 Å². The van der Waals surface area contributed by atoms with Gasteiger partial charge < -0.3 is 5.32 Å². The van der Waals surface area contributed by atoms with Crippen LogP contribution in [0.5, 0.6) is 0 Å². The Bertz CT molecular complexity index is 794. The quantitative estimate of drug-likeness (QED) is 0.904. The third-order valence-electron chi connectivity index (χ3n) is 4.26. The maximum atomic E-state index is 13.0. The van der Waals surface area contributed by atoms with E-state index in [1.165, 1.54) is 6.07 Å². The molecule has 0 saturated carbocycles. The maximum absolute atomic E-state index is 13.0. The number of ketones is 1. The number of nitrogens with one attached hydrogen (secondary N) is 1. The molecule has 1 N–H and O–H groups in total. The molecular formula is C19H16F3NO. The number of hydrogen-bond donors (Lipinski definition) is 1. The second-order valence-corrected chi connectivity index (χ2v) is 5.71. The number of Topliss-reactive ketones (excluding diaryl/α,β-unsaturated/α-hetero) is 1. The van der Waals surface area contributed by atoms with E-state index < -0.39 is 11.7 Å². The molecule has 0 heterocycles. The first kappa shape index (κ1) is 16.3. The smallest absolute Gasteiger partial charge is 0.391 e. The third-order valence-corrected chi connectivity index (χ3v) is 4.26. The predicted molar refractivity (Wildman–Crippen MR) is 86.2 cm³/mol. The van der Waals surface area contributed by atoms with E-state index in [1.54, 1.807) is 13.1 Å². The molecule has 0 spiro atoms. The SMILES string of the molecule is CNC1=C(c2cccc(C(F)(F)F)c2)C(=O)C(c2ccccc2)C1. The lowest BCUT2D eigenvalue weighted by Gasteiger charge is -2.11. The van der Waals surface area contributed by atoms with Crippen LogP contribution in [0.1, 0.15) is 29.0 Å². The molecule has 2 aromatic carbocycles. The fraction of sp³-hybridized carbons (Fsp3) is 0.211. The molecule has 1 aliphatic carbocycles. The third kappa shape index (κ3) is 2.94. The fourth-order valence-electron chi connectivity index (χ4n) is 3.07. The average molecular weight is 331 g/mol. The summed E-state index contributed by atoms with van der Waals surface area (Å²) in [7, 11) is 1.68. The minimum atomic E-state index is -4.43. The van der Waals surface area contributed by atoms with Crippen molar-refractivity contribution in [2.24, 2.45) is 0 Å². The highest BCUT2D eigenvalue weighted by molar-refractivity contribution is 6.26. The summed E-state index contributed by atoms with van der Waals surface area (Å²) in [6.07, 6.45) is -3.97. The minimum absolute atomic E-state index is 0.148. The summed E-state index contributed by atoms with van der Waals surface area (Å²) in [6.45, 7) is 0. The van der Waals surface area contributed by atoms with Gasteiger partial charge in [-0.15, -0.1) is 0 Å². The summed E-state index contributed by atoms with van der Waals surface area (Å²) in [6, 6.07) is 14.2. The standard InChI is InChI=1S/C19H16F3NO/c1-23-16-11-15(12-6-3-2-4-7-12)18(24)17(16)13-8-5-9-14(10-13)19(20,21)22/h2-10,15,23H,11H2,1H3. The minimum Gasteiger partial charge on any atom is -0.391 e. The van der Waals surface area contributed by atoms with Crippen molar-refractivity contribution in [1.82, 2.24) is 5.32 Å². The summed E-state index contributed by atoms with van der Waals surface area (Å²) < 4.78 is 38.9. The topological polar surface area (TPSA) is 29.1 Å². The van der Waals surface area contributed by atoms with E-state index in [4.69, 9.17) is 0 Å². The van der Waals surface area contributed by atoms with E-state index in [2.05, 4.69) is 5.32 Å². The number of carbonyl (C=O) groups excluding carboxylic acids is 1. The largest absolute Gasteiger partial charge is 0.416 e. The Morgan fingerprint density at radius 2 is 1.75 bits per heavy atom. The molecule has 0 aliphatic heterocycles. The zero-order valence-corrected chi connectivity index (χ0v) is 13.0. The molecule has 0 radical (unpaired) electrons. The van der Waals surface area contributed by atoms with Gasteiger partial charge in [0.25, 0.3) is 0 Å². The van der Waals surface area contributed by atoms with E-state index in [1.807, 2.05) is 30.3 Å². The summed E-state index contributed by atoms with van der Waals surface area (Å²) in [5.41, 5.74) is 1.44. The summed E-state index contributed by atoms with van der Waals surface area (Å²) in [5.74, 6) is -0.511. The van der Waals surface area contributed by atoms with Crippen molar-refractivity contribution in [2.45, 2.75) is 18.5 Å². The van der Waals surface area contributed by atoms with Crippen LogP contribution in [-0.2, 0) is 11.0 Å². The van der Waals surface area contributed by atoms with E-state index in [9.17, 15) is 18.0 Å². The first-order valence-electron chi connectivity index (χ1n) is 7.59. The summed E-state index contributed by atoms with van der Waals surface area (Å²) in [4.78, 5) is 12.9.